The Morgan fingerprint density at radius 2 is 1.44 bits per heavy atom. The molecule has 1 rings (SSSR count). The first-order valence-corrected chi connectivity index (χ1v) is 10.8. The molecule has 0 amide bonds. The van der Waals surface area contributed by atoms with Crippen LogP contribution in [0.3, 0.4) is 0 Å². The van der Waals surface area contributed by atoms with Crippen LogP contribution in [0.4, 0.5) is 26.3 Å². The zero-order chi connectivity index (χ0) is 26.5. The number of carbonyl (C=O) groups is 2. The first-order valence-electron chi connectivity index (χ1n) is 9.22. The van der Waals surface area contributed by atoms with Crippen LogP contribution in [0.15, 0.2) is 12.1 Å². The van der Waals surface area contributed by atoms with Crippen LogP contribution >= 0.6 is 0 Å². The van der Waals surface area contributed by atoms with Gasteiger partial charge in [0.1, 0.15) is 27.2 Å². The van der Waals surface area contributed by atoms with E-state index in [0.717, 1.165) is 0 Å². The third-order valence-corrected chi connectivity index (χ3v) is 5.03. The van der Waals surface area contributed by atoms with Crippen LogP contribution in [0.25, 0.3) is 0 Å². The summed E-state index contributed by atoms with van der Waals surface area (Å²) in [6.07, 6.45) is -15.0. The van der Waals surface area contributed by atoms with Crippen molar-refractivity contribution in [3.05, 3.63) is 17.7 Å². The van der Waals surface area contributed by atoms with Crippen LogP contribution < -0.4 is 15.7 Å². The molecule has 0 heterocycles. The molecule has 0 saturated carbocycles. The van der Waals surface area contributed by atoms with Gasteiger partial charge in [-0.1, -0.05) is 29.4 Å². The van der Waals surface area contributed by atoms with Crippen molar-refractivity contribution < 1.29 is 58.4 Å². The Balaban J connectivity index is 2.79. The summed E-state index contributed by atoms with van der Waals surface area (Å²) in [6, 6.07) is 2.69. The number of hydrogen-bond donors (Lipinski definition) is 1. The smallest absolute Gasteiger partial charge is 0.438 e. The number of benzene rings is 1. The number of halogens is 6. The largest absolute Gasteiger partial charge is 0.438 e. The van der Waals surface area contributed by atoms with Crippen molar-refractivity contribution in [1.29, 1.82) is 0 Å². The fourth-order valence-corrected chi connectivity index (χ4v) is 3.59. The maximum Gasteiger partial charge on any atom is 0.438 e. The van der Waals surface area contributed by atoms with Gasteiger partial charge in [0.15, 0.2) is 0 Å². The summed E-state index contributed by atoms with van der Waals surface area (Å²) in [4.78, 5) is 23.6. The van der Waals surface area contributed by atoms with Gasteiger partial charge in [-0.2, -0.15) is 34.8 Å². The summed E-state index contributed by atoms with van der Waals surface area (Å²) < 4.78 is 117. The highest BCUT2D eigenvalue weighted by atomic mass is 32.2. The third kappa shape index (κ3) is 7.96. The molecular weight excluding hydrogens is 495 g/mol. The van der Waals surface area contributed by atoms with Crippen LogP contribution in [-0.2, 0) is 30.8 Å². The molecule has 17 heteroatoms. The van der Waals surface area contributed by atoms with Gasteiger partial charge in [0.2, 0.25) is 0 Å². The van der Waals surface area contributed by atoms with Gasteiger partial charge in [0.25, 0.3) is 10.1 Å². The SMILES string of the molecule is [B]Cc1cc([B])cc([B])c1OC(=O)CCCCC(=O)OC(CS(=O)(=O)O)(C(F)(F)F)C(F)(F)F. The summed E-state index contributed by atoms with van der Waals surface area (Å²) in [7, 11) is 10.9. The fourth-order valence-electron chi connectivity index (χ4n) is 2.69. The zero-order valence-electron chi connectivity index (χ0n) is 17.2. The molecule has 7 nitrogen and oxygen atoms in total. The van der Waals surface area contributed by atoms with Crippen molar-refractivity contribution in [2.75, 3.05) is 5.75 Å². The molecule has 0 fully saturated rings. The van der Waals surface area contributed by atoms with Crippen LogP contribution in [0.5, 0.6) is 5.75 Å². The molecular formula is C17H15B3F6O7S. The van der Waals surface area contributed by atoms with Gasteiger partial charge >= 0.3 is 29.9 Å². The fraction of sp³-hybridized carbons (Fsp3) is 0.529. The zero-order valence-corrected chi connectivity index (χ0v) is 18.0. The first kappa shape index (κ1) is 29.9. The molecule has 1 aromatic carbocycles. The normalized spacial score (nSPS) is 12.9. The number of ether oxygens (including phenoxy) is 2. The molecule has 1 N–H and O–H groups in total. The van der Waals surface area contributed by atoms with Crippen LogP contribution in [0.2, 0.25) is 0 Å². The second-order valence-corrected chi connectivity index (χ2v) is 8.46. The molecule has 6 radical (unpaired) electrons. The van der Waals surface area contributed by atoms with E-state index in [2.05, 4.69) is 4.74 Å². The van der Waals surface area contributed by atoms with Gasteiger partial charge < -0.3 is 9.47 Å². The minimum atomic E-state index is -6.42. The van der Waals surface area contributed by atoms with Crippen molar-refractivity contribution in [3.8, 4) is 5.75 Å². The quantitative estimate of drug-likeness (QED) is 0.124. The van der Waals surface area contributed by atoms with Crippen molar-refractivity contribution >= 4 is 56.5 Å². The highest BCUT2D eigenvalue weighted by Gasteiger charge is 2.75. The number of hydrogen-bond acceptors (Lipinski definition) is 6. The predicted octanol–water partition coefficient (Wildman–Crippen LogP) is 0.703. The summed E-state index contributed by atoms with van der Waals surface area (Å²) in [5.41, 5.74) is -4.94. The topological polar surface area (TPSA) is 107 Å². The highest BCUT2D eigenvalue weighted by Crippen LogP contribution is 2.47. The molecule has 1 aromatic rings. The lowest BCUT2D eigenvalue weighted by Gasteiger charge is -2.35. The molecule has 34 heavy (non-hydrogen) atoms. The van der Waals surface area contributed by atoms with Gasteiger partial charge in [-0.25, -0.2) is 0 Å². The van der Waals surface area contributed by atoms with Crippen molar-refractivity contribution in [3.63, 3.8) is 0 Å². The maximum absolute atomic E-state index is 13.1. The van der Waals surface area contributed by atoms with E-state index in [9.17, 15) is 44.3 Å². The van der Waals surface area contributed by atoms with E-state index in [0.29, 0.717) is 5.56 Å². The van der Waals surface area contributed by atoms with Gasteiger partial charge in [0, 0.05) is 12.8 Å². The van der Waals surface area contributed by atoms with Crippen molar-refractivity contribution in [2.24, 2.45) is 0 Å². The van der Waals surface area contributed by atoms with Gasteiger partial charge in [-0.15, -0.1) is 0 Å². The Morgan fingerprint density at radius 3 is 1.88 bits per heavy atom. The van der Waals surface area contributed by atoms with E-state index in [1.807, 2.05) is 0 Å². The van der Waals surface area contributed by atoms with E-state index in [4.69, 9.17) is 32.8 Å². The van der Waals surface area contributed by atoms with E-state index in [-0.39, 0.29) is 29.4 Å². The Morgan fingerprint density at radius 1 is 0.941 bits per heavy atom. The van der Waals surface area contributed by atoms with Gasteiger partial charge in [-0.3, -0.25) is 14.1 Å². The number of alkyl halides is 6. The highest BCUT2D eigenvalue weighted by molar-refractivity contribution is 7.85. The lowest BCUT2D eigenvalue weighted by atomic mass is 9.81. The Kier molecular flexibility index (Phi) is 9.72. The summed E-state index contributed by atoms with van der Waals surface area (Å²) in [5.74, 6) is -6.01. The molecule has 0 aliphatic rings. The first-order chi connectivity index (χ1) is 15.3. The predicted molar refractivity (Wildman–Crippen MR) is 108 cm³/mol. The van der Waals surface area contributed by atoms with E-state index in [1.165, 1.54) is 12.1 Å². The number of rotatable bonds is 10. The minimum absolute atomic E-state index is 0.00754. The average Bonchev–Trinajstić information content (AvgIpc) is 2.63. The lowest BCUT2D eigenvalue weighted by Crippen LogP contribution is -2.63. The molecule has 0 atom stereocenters. The van der Waals surface area contributed by atoms with Crippen molar-refractivity contribution in [2.45, 2.75) is 50.0 Å². The monoisotopic (exact) mass is 510 g/mol. The van der Waals surface area contributed by atoms with Crippen LogP contribution in [0, 0.1) is 0 Å². The average molecular weight is 510 g/mol. The summed E-state index contributed by atoms with van der Waals surface area (Å²) >= 11 is 0. The van der Waals surface area contributed by atoms with Gasteiger partial charge in [0.05, 0.1) is 7.85 Å². The van der Waals surface area contributed by atoms with Crippen molar-refractivity contribution in [1.82, 2.24) is 0 Å². The molecule has 0 aromatic heterocycles. The number of esters is 2. The maximum atomic E-state index is 13.1. The summed E-state index contributed by atoms with van der Waals surface area (Å²) in [6.45, 7) is 0. The van der Waals surface area contributed by atoms with E-state index < -0.39 is 65.0 Å². The second-order valence-electron chi connectivity index (χ2n) is 7.01. The molecule has 0 unspecified atom stereocenters. The van der Waals surface area contributed by atoms with Crippen LogP contribution in [0.1, 0.15) is 31.2 Å². The third-order valence-electron chi connectivity index (χ3n) is 4.25. The Hall–Kier alpha value is -2.16. The molecule has 0 saturated heterocycles. The van der Waals surface area contributed by atoms with E-state index >= 15 is 0 Å². The minimum Gasteiger partial charge on any atom is -0.438 e. The molecule has 0 bridgehead atoms. The molecule has 0 aliphatic heterocycles. The lowest BCUT2D eigenvalue weighted by molar-refractivity contribution is -0.361. The number of carbonyl (C=O) groups excluding carboxylic acids is 2. The molecule has 182 valence electrons. The number of unbranched alkanes of at least 4 members (excludes halogenated alkanes) is 1. The van der Waals surface area contributed by atoms with E-state index in [1.54, 1.807) is 0 Å². The van der Waals surface area contributed by atoms with Gasteiger partial charge in [-0.05, 0) is 18.4 Å². The van der Waals surface area contributed by atoms with Crippen LogP contribution in [-0.4, -0.2) is 72.2 Å². The Labute approximate surface area is 194 Å². The standard InChI is InChI=1S/C17H15B3F6O7S/c18-7-9-5-10(19)6-11(20)14(9)32-12(27)3-1-2-4-13(28)33-15(16(21,22)23,17(24,25)26)8-34(29,30)31/h5-6H,1-4,7-8H2,(H,29,30,31). The molecule has 0 spiro atoms. The summed E-state index contributed by atoms with van der Waals surface area (Å²) in [5, 5.41) is 0. The second kappa shape index (κ2) is 11.1. The Bertz CT molecular complexity index is 998. The molecule has 0 aliphatic carbocycles.